The van der Waals surface area contributed by atoms with Gasteiger partial charge >= 0.3 is 0 Å². The molecule has 0 unspecified atom stereocenters. The molecule has 1 aromatic heterocycles. The van der Waals surface area contributed by atoms with Crippen molar-refractivity contribution in [1.82, 2.24) is 10.2 Å². The van der Waals surface area contributed by atoms with E-state index in [1.807, 2.05) is 31.2 Å². The van der Waals surface area contributed by atoms with Crippen LogP contribution in [0.25, 0.3) is 11.5 Å². The Labute approximate surface area is 172 Å². The molecule has 0 radical (unpaired) electrons. The molecular formula is C20H17ClN4O2S. The Morgan fingerprint density at radius 1 is 1.18 bits per heavy atom. The monoisotopic (exact) mass is 412 g/mol. The third-order valence-corrected chi connectivity index (χ3v) is 4.97. The first kappa shape index (κ1) is 19.9. The highest BCUT2D eigenvalue weighted by Gasteiger charge is 2.18. The molecule has 28 heavy (non-hydrogen) atoms. The van der Waals surface area contributed by atoms with Gasteiger partial charge in [-0.25, -0.2) is 0 Å². The van der Waals surface area contributed by atoms with Gasteiger partial charge in [-0.05, 0) is 43.3 Å². The summed E-state index contributed by atoms with van der Waals surface area (Å²) in [5, 5.41) is 17.8. The van der Waals surface area contributed by atoms with Crippen LogP contribution in [0.5, 0.6) is 0 Å². The number of carbonyl (C=O) groups excluding carboxylic acids is 1. The molecular weight excluding hydrogens is 396 g/mol. The van der Waals surface area contributed by atoms with E-state index in [2.05, 4.69) is 16.3 Å². The van der Waals surface area contributed by atoms with E-state index in [1.54, 1.807) is 29.2 Å². The molecule has 1 amide bonds. The normalized spacial score (nSPS) is 10.5. The lowest BCUT2D eigenvalue weighted by Crippen LogP contribution is -2.33. The minimum atomic E-state index is -0.129. The van der Waals surface area contributed by atoms with Gasteiger partial charge in [0, 0.05) is 22.8 Å². The lowest BCUT2D eigenvalue weighted by Gasteiger charge is -2.21. The molecule has 3 rings (SSSR count). The second-order valence-corrected chi connectivity index (χ2v) is 7.32. The van der Waals surface area contributed by atoms with Crippen LogP contribution >= 0.6 is 23.4 Å². The Kier molecular flexibility index (Phi) is 6.69. The smallest absolute Gasteiger partial charge is 0.277 e. The van der Waals surface area contributed by atoms with Crippen LogP contribution in [0.3, 0.4) is 0 Å². The van der Waals surface area contributed by atoms with Gasteiger partial charge in [-0.1, -0.05) is 41.1 Å². The van der Waals surface area contributed by atoms with Crippen LogP contribution in [0.15, 0.2) is 58.2 Å². The number of hydrogen-bond donors (Lipinski definition) is 0. The second-order valence-electron chi connectivity index (χ2n) is 5.96. The largest absolute Gasteiger partial charge is 0.411 e. The number of nitrogens with zero attached hydrogens (tertiary/aromatic N) is 4. The number of carbonyl (C=O) groups is 1. The topological polar surface area (TPSA) is 83.0 Å². The van der Waals surface area contributed by atoms with Gasteiger partial charge in [-0.3, -0.25) is 4.79 Å². The molecule has 1 heterocycles. The summed E-state index contributed by atoms with van der Waals surface area (Å²) in [6.45, 7) is 2.31. The zero-order valence-electron chi connectivity index (χ0n) is 15.1. The number of thioether (sulfide) groups is 1. The SMILES string of the molecule is Cc1ccc(N(CCC#N)C(=O)CSc2nnc(-c3ccc(Cl)cc3)o2)cc1. The van der Waals surface area contributed by atoms with E-state index in [-0.39, 0.29) is 18.1 Å². The lowest BCUT2D eigenvalue weighted by molar-refractivity contribution is -0.116. The fourth-order valence-electron chi connectivity index (χ4n) is 2.46. The zero-order valence-corrected chi connectivity index (χ0v) is 16.7. The number of halogens is 1. The molecule has 0 saturated carbocycles. The predicted molar refractivity (Wildman–Crippen MR) is 109 cm³/mol. The maximum atomic E-state index is 12.7. The van der Waals surface area contributed by atoms with Crippen LogP contribution in [0, 0.1) is 18.3 Å². The van der Waals surface area contributed by atoms with Crippen molar-refractivity contribution in [1.29, 1.82) is 5.26 Å². The molecule has 0 bridgehead atoms. The molecule has 0 saturated heterocycles. The quantitative estimate of drug-likeness (QED) is 0.521. The Hall–Kier alpha value is -2.82. The van der Waals surface area contributed by atoms with Gasteiger partial charge in [-0.15, -0.1) is 10.2 Å². The maximum Gasteiger partial charge on any atom is 0.277 e. The van der Waals surface area contributed by atoms with Gasteiger partial charge in [0.25, 0.3) is 5.22 Å². The summed E-state index contributed by atoms with van der Waals surface area (Å²) in [6, 6.07) is 16.8. The third kappa shape index (κ3) is 5.12. The molecule has 0 aliphatic carbocycles. The molecule has 0 aliphatic rings. The fourth-order valence-corrected chi connectivity index (χ4v) is 3.23. The van der Waals surface area contributed by atoms with Crippen molar-refractivity contribution in [3.63, 3.8) is 0 Å². The van der Waals surface area contributed by atoms with Gasteiger partial charge in [0.2, 0.25) is 11.8 Å². The molecule has 8 heteroatoms. The van der Waals surface area contributed by atoms with Crippen LogP contribution in [-0.2, 0) is 4.79 Å². The standard InChI is InChI=1S/C20H17ClN4O2S/c1-14-3-9-17(10-4-14)25(12-2-11-22)18(26)13-28-20-24-23-19(27-20)15-5-7-16(21)8-6-15/h3-10H,2,12-13H2,1H3. The van der Waals surface area contributed by atoms with E-state index in [0.29, 0.717) is 22.7 Å². The number of amides is 1. The molecule has 0 atom stereocenters. The zero-order chi connectivity index (χ0) is 19.9. The summed E-state index contributed by atoms with van der Waals surface area (Å²) >= 11 is 7.05. The van der Waals surface area contributed by atoms with E-state index >= 15 is 0 Å². The minimum Gasteiger partial charge on any atom is -0.411 e. The molecule has 142 valence electrons. The number of hydrogen-bond acceptors (Lipinski definition) is 6. The van der Waals surface area contributed by atoms with Crippen molar-refractivity contribution in [2.24, 2.45) is 0 Å². The Balaban J connectivity index is 1.66. The van der Waals surface area contributed by atoms with E-state index in [0.717, 1.165) is 16.8 Å². The number of benzene rings is 2. The van der Waals surface area contributed by atoms with Crippen molar-refractivity contribution < 1.29 is 9.21 Å². The van der Waals surface area contributed by atoms with Crippen molar-refractivity contribution in [2.45, 2.75) is 18.6 Å². The minimum absolute atomic E-state index is 0.127. The summed E-state index contributed by atoms with van der Waals surface area (Å²) < 4.78 is 5.62. The third-order valence-electron chi connectivity index (χ3n) is 3.91. The highest BCUT2D eigenvalue weighted by molar-refractivity contribution is 7.99. The van der Waals surface area contributed by atoms with Crippen LogP contribution in [0.2, 0.25) is 5.02 Å². The summed E-state index contributed by atoms with van der Waals surface area (Å²) in [7, 11) is 0. The van der Waals surface area contributed by atoms with Crippen LogP contribution in [0.1, 0.15) is 12.0 Å². The lowest BCUT2D eigenvalue weighted by atomic mass is 10.2. The van der Waals surface area contributed by atoms with E-state index in [4.69, 9.17) is 21.3 Å². The molecule has 6 nitrogen and oxygen atoms in total. The van der Waals surface area contributed by atoms with Gasteiger partial charge in [-0.2, -0.15) is 5.26 Å². The highest BCUT2D eigenvalue weighted by atomic mass is 35.5. The van der Waals surface area contributed by atoms with Crippen LogP contribution < -0.4 is 4.90 Å². The van der Waals surface area contributed by atoms with Crippen molar-refractivity contribution in [2.75, 3.05) is 17.2 Å². The van der Waals surface area contributed by atoms with Crippen molar-refractivity contribution in [3.8, 4) is 17.5 Å². The Bertz CT molecular complexity index is 981. The molecule has 0 N–H and O–H groups in total. The second kappa shape index (κ2) is 9.40. The molecule has 0 fully saturated rings. The summed E-state index contributed by atoms with van der Waals surface area (Å²) in [4.78, 5) is 14.3. The van der Waals surface area contributed by atoms with Gasteiger partial charge < -0.3 is 9.32 Å². The number of rotatable bonds is 7. The fraction of sp³-hybridized carbons (Fsp3) is 0.200. The van der Waals surface area contributed by atoms with E-state index < -0.39 is 0 Å². The number of aromatic nitrogens is 2. The average molecular weight is 413 g/mol. The summed E-state index contributed by atoms with van der Waals surface area (Å²) in [5.74, 6) is 0.364. The number of nitriles is 1. The summed E-state index contributed by atoms with van der Waals surface area (Å²) in [6.07, 6.45) is 0.256. The van der Waals surface area contributed by atoms with Crippen LogP contribution in [-0.4, -0.2) is 28.4 Å². The first-order valence-corrected chi connectivity index (χ1v) is 9.89. The van der Waals surface area contributed by atoms with Gasteiger partial charge in [0.05, 0.1) is 18.2 Å². The van der Waals surface area contributed by atoms with Crippen molar-refractivity contribution in [3.05, 3.63) is 59.1 Å². The molecule has 2 aromatic carbocycles. The van der Waals surface area contributed by atoms with Crippen molar-refractivity contribution >= 4 is 35.0 Å². The molecule has 0 spiro atoms. The predicted octanol–water partition coefficient (Wildman–Crippen LogP) is 4.74. The number of aryl methyl sites for hydroxylation is 1. The summed E-state index contributed by atoms with van der Waals surface area (Å²) in [5.41, 5.74) is 2.62. The van der Waals surface area contributed by atoms with Gasteiger partial charge in [0.15, 0.2) is 0 Å². The van der Waals surface area contributed by atoms with E-state index in [1.165, 1.54) is 11.8 Å². The van der Waals surface area contributed by atoms with Gasteiger partial charge in [0.1, 0.15) is 0 Å². The Morgan fingerprint density at radius 3 is 2.57 bits per heavy atom. The van der Waals surface area contributed by atoms with Crippen LogP contribution in [0.4, 0.5) is 5.69 Å². The maximum absolute atomic E-state index is 12.7. The molecule has 0 aliphatic heterocycles. The molecule has 3 aromatic rings. The first-order valence-electron chi connectivity index (χ1n) is 8.53. The Morgan fingerprint density at radius 2 is 1.89 bits per heavy atom. The average Bonchev–Trinajstić information content (AvgIpc) is 3.17. The van der Waals surface area contributed by atoms with E-state index in [9.17, 15) is 4.79 Å². The highest BCUT2D eigenvalue weighted by Crippen LogP contribution is 2.25. The number of anilines is 1. The first-order chi connectivity index (χ1) is 13.6.